The Balaban J connectivity index is 1.98. The first-order chi connectivity index (χ1) is 7.70. The van der Waals surface area contributed by atoms with Crippen LogP contribution in [0.4, 0.5) is 10.1 Å². The van der Waals surface area contributed by atoms with Crippen LogP contribution in [0, 0.1) is 11.7 Å². The molecule has 2 rings (SSSR count). The predicted molar refractivity (Wildman–Crippen MR) is 65.2 cm³/mol. The second-order valence-corrected chi connectivity index (χ2v) is 4.59. The first-order valence-corrected chi connectivity index (χ1v) is 5.84. The highest BCUT2D eigenvalue weighted by atomic mass is 19.1. The van der Waals surface area contributed by atoms with Crippen molar-refractivity contribution in [2.24, 2.45) is 5.92 Å². The van der Waals surface area contributed by atoms with E-state index in [1.165, 1.54) is 18.9 Å². The standard InChI is InChI=1S/C13H19FN2/c1-15-13(10-6-7-10)9-16(2)12-5-3-4-11(14)8-12/h3-5,8,10,13,15H,6-7,9H2,1-2H3. The molecule has 0 heterocycles. The molecule has 0 amide bonds. The van der Waals surface area contributed by atoms with Crippen molar-refractivity contribution in [3.8, 4) is 0 Å². The predicted octanol–water partition coefficient (Wildman–Crippen LogP) is 2.26. The number of hydrogen-bond acceptors (Lipinski definition) is 2. The van der Waals surface area contributed by atoms with E-state index in [0.29, 0.717) is 6.04 Å². The molecule has 1 atom stereocenters. The van der Waals surface area contributed by atoms with E-state index in [9.17, 15) is 4.39 Å². The summed E-state index contributed by atoms with van der Waals surface area (Å²) in [7, 11) is 4.02. The second-order valence-electron chi connectivity index (χ2n) is 4.59. The lowest BCUT2D eigenvalue weighted by Crippen LogP contribution is -2.39. The van der Waals surface area contributed by atoms with E-state index < -0.39 is 0 Å². The summed E-state index contributed by atoms with van der Waals surface area (Å²) < 4.78 is 13.1. The molecule has 1 fully saturated rings. The van der Waals surface area contributed by atoms with Crippen LogP contribution in [-0.4, -0.2) is 26.7 Å². The molecule has 16 heavy (non-hydrogen) atoms. The van der Waals surface area contributed by atoms with E-state index >= 15 is 0 Å². The molecule has 1 aliphatic carbocycles. The van der Waals surface area contributed by atoms with Gasteiger partial charge in [0.1, 0.15) is 5.82 Å². The Labute approximate surface area is 96.5 Å². The lowest BCUT2D eigenvalue weighted by atomic mass is 10.1. The number of hydrogen-bond donors (Lipinski definition) is 1. The molecule has 1 aromatic carbocycles. The lowest BCUT2D eigenvalue weighted by Gasteiger charge is -2.25. The summed E-state index contributed by atoms with van der Waals surface area (Å²) in [5, 5.41) is 3.34. The molecular weight excluding hydrogens is 203 g/mol. The monoisotopic (exact) mass is 222 g/mol. The van der Waals surface area contributed by atoms with E-state index in [1.807, 2.05) is 20.2 Å². The van der Waals surface area contributed by atoms with Crippen LogP contribution in [0.25, 0.3) is 0 Å². The summed E-state index contributed by atoms with van der Waals surface area (Å²) in [6.45, 7) is 0.935. The summed E-state index contributed by atoms with van der Waals surface area (Å²) >= 11 is 0. The molecule has 1 saturated carbocycles. The molecule has 1 aromatic rings. The molecule has 1 aliphatic rings. The molecule has 0 spiro atoms. The average molecular weight is 222 g/mol. The third kappa shape index (κ3) is 2.73. The van der Waals surface area contributed by atoms with Gasteiger partial charge in [-0.05, 0) is 44.0 Å². The van der Waals surface area contributed by atoms with Crippen molar-refractivity contribution in [3.05, 3.63) is 30.1 Å². The summed E-state index contributed by atoms with van der Waals surface area (Å²) in [5.74, 6) is 0.637. The summed E-state index contributed by atoms with van der Waals surface area (Å²) in [5.41, 5.74) is 0.945. The van der Waals surface area contributed by atoms with Crippen molar-refractivity contribution in [1.29, 1.82) is 0 Å². The van der Waals surface area contributed by atoms with Crippen molar-refractivity contribution >= 4 is 5.69 Å². The van der Waals surface area contributed by atoms with Crippen LogP contribution in [0.3, 0.4) is 0 Å². The van der Waals surface area contributed by atoms with Gasteiger partial charge in [0.15, 0.2) is 0 Å². The smallest absolute Gasteiger partial charge is 0.125 e. The van der Waals surface area contributed by atoms with Gasteiger partial charge in [-0.3, -0.25) is 0 Å². The maximum atomic E-state index is 13.1. The van der Waals surface area contributed by atoms with E-state index in [0.717, 1.165) is 18.2 Å². The topological polar surface area (TPSA) is 15.3 Å². The van der Waals surface area contributed by atoms with Crippen LogP contribution in [0.15, 0.2) is 24.3 Å². The zero-order valence-electron chi connectivity index (χ0n) is 9.91. The number of benzene rings is 1. The fourth-order valence-corrected chi connectivity index (χ4v) is 2.09. The van der Waals surface area contributed by atoms with Gasteiger partial charge in [0.25, 0.3) is 0 Å². The minimum Gasteiger partial charge on any atom is -0.373 e. The average Bonchev–Trinajstić information content (AvgIpc) is 3.09. The molecule has 88 valence electrons. The Morgan fingerprint density at radius 3 is 2.81 bits per heavy atom. The maximum Gasteiger partial charge on any atom is 0.125 e. The molecule has 0 radical (unpaired) electrons. The molecule has 3 heteroatoms. The Hall–Kier alpha value is -1.09. The van der Waals surface area contributed by atoms with Gasteiger partial charge in [0.05, 0.1) is 0 Å². The highest BCUT2D eigenvalue weighted by Crippen LogP contribution is 2.33. The van der Waals surface area contributed by atoms with E-state index in [2.05, 4.69) is 10.2 Å². The Morgan fingerprint density at radius 1 is 1.50 bits per heavy atom. The largest absolute Gasteiger partial charge is 0.373 e. The quantitative estimate of drug-likeness (QED) is 0.822. The van der Waals surface area contributed by atoms with Crippen molar-refractivity contribution < 1.29 is 4.39 Å². The number of rotatable bonds is 5. The molecule has 0 aliphatic heterocycles. The number of nitrogens with zero attached hydrogens (tertiary/aromatic N) is 1. The summed E-state index contributed by atoms with van der Waals surface area (Å²) in [4.78, 5) is 2.11. The first kappa shape index (κ1) is 11.4. The van der Waals surface area contributed by atoms with E-state index in [1.54, 1.807) is 12.1 Å². The zero-order chi connectivity index (χ0) is 11.5. The van der Waals surface area contributed by atoms with Crippen molar-refractivity contribution in [3.63, 3.8) is 0 Å². The molecule has 0 saturated heterocycles. The van der Waals surface area contributed by atoms with Gasteiger partial charge < -0.3 is 10.2 Å². The minimum atomic E-state index is -0.170. The van der Waals surface area contributed by atoms with Gasteiger partial charge >= 0.3 is 0 Å². The zero-order valence-corrected chi connectivity index (χ0v) is 9.91. The number of anilines is 1. The Bertz CT molecular complexity index is 350. The highest BCUT2D eigenvalue weighted by molar-refractivity contribution is 5.45. The third-order valence-corrected chi connectivity index (χ3v) is 3.28. The minimum absolute atomic E-state index is 0.170. The molecule has 0 aromatic heterocycles. The first-order valence-electron chi connectivity index (χ1n) is 5.84. The van der Waals surface area contributed by atoms with Gasteiger partial charge in [0.2, 0.25) is 0 Å². The molecule has 0 bridgehead atoms. The Morgan fingerprint density at radius 2 is 2.25 bits per heavy atom. The van der Waals surface area contributed by atoms with Crippen molar-refractivity contribution in [1.82, 2.24) is 5.32 Å². The van der Waals surface area contributed by atoms with E-state index in [4.69, 9.17) is 0 Å². The second kappa shape index (κ2) is 4.83. The maximum absolute atomic E-state index is 13.1. The van der Waals surface area contributed by atoms with Crippen LogP contribution in [0.5, 0.6) is 0 Å². The molecule has 2 nitrogen and oxygen atoms in total. The number of halogens is 1. The van der Waals surface area contributed by atoms with Crippen LogP contribution in [-0.2, 0) is 0 Å². The van der Waals surface area contributed by atoms with Crippen LogP contribution >= 0.6 is 0 Å². The van der Waals surface area contributed by atoms with Crippen LogP contribution < -0.4 is 10.2 Å². The summed E-state index contributed by atoms with van der Waals surface area (Å²) in [6, 6.07) is 7.29. The third-order valence-electron chi connectivity index (χ3n) is 3.28. The fourth-order valence-electron chi connectivity index (χ4n) is 2.09. The van der Waals surface area contributed by atoms with Crippen LogP contribution in [0.2, 0.25) is 0 Å². The van der Waals surface area contributed by atoms with Crippen molar-refractivity contribution in [2.75, 3.05) is 25.5 Å². The van der Waals surface area contributed by atoms with Crippen LogP contribution in [0.1, 0.15) is 12.8 Å². The van der Waals surface area contributed by atoms with Gasteiger partial charge in [-0.1, -0.05) is 6.07 Å². The van der Waals surface area contributed by atoms with Gasteiger partial charge in [0, 0.05) is 25.3 Å². The normalized spacial score (nSPS) is 17.2. The van der Waals surface area contributed by atoms with Gasteiger partial charge in [-0.15, -0.1) is 0 Å². The molecular formula is C13H19FN2. The van der Waals surface area contributed by atoms with Gasteiger partial charge in [-0.25, -0.2) is 4.39 Å². The fraction of sp³-hybridized carbons (Fsp3) is 0.538. The van der Waals surface area contributed by atoms with Gasteiger partial charge in [-0.2, -0.15) is 0 Å². The van der Waals surface area contributed by atoms with E-state index in [-0.39, 0.29) is 5.82 Å². The number of likely N-dealkylation sites (N-methyl/N-ethyl adjacent to an activating group) is 2. The molecule has 1 unspecified atom stereocenters. The van der Waals surface area contributed by atoms with Crippen molar-refractivity contribution in [2.45, 2.75) is 18.9 Å². The summed E-state index contributed by atoms with van der Waals surface area (Å²) in [6.07, 6.45) is 2.64. The number of nitrogens with one attached hydrogen (secondary N) is 1. The highest BCUT2D eigenvalue weighted by Gasteiger charge is 2.30. The SMILES string of the molecule is CNC(CN(C)c1cccc(F)c1)C1CC1. The Kier molecular flexibility index (Phi) is 3.44. The lowest BCUT2D eigenvalue weighted by molar-refractivity contribution is 0.502. The molecule has 1 N–H and O–H groups in total.